The van der Waals surface area contributed by atoms with E-state index in [1.807, 2.05) is 31.2 Å². The van der Waals surface area contributed by atoms with E-state index in [0.29, 0.717) is 6.42 Å². The minimum atomic E-state index is -0.797. The summed E-state index contributed by atoms with van der Waals surface area (Å²) in [5, 5.41) is 8.68. The van der Waals surface area contributed by atoms with Crippen molar-refractivity contribution in [2.45, 2.75) is 19.8 Å². The van der Waals surface area contributed by atoms with E-state index >= 15 is 0 Å². The molecule has 0 aliphatic rings. The van der Waals surface area contributed by atoms with Gasteiger partial charge in [0, 0.05) is 17.7 Å². The van der Waals surface area contributed by atoms with Gasteiger partial charge >= 0.3 is 5.97 Å². The summed E-state index contributed by atoms with van der Waals surface area (Å²) in [4.78, 5) is 17.8. The molecule has 0 saturated carbocycles. The Morgan fingerprint density at radius 1 is 1.35 bits per heavy atom. The molecular formula is C13H14N2O2. The van der Waals surface area contributed by atoms with Crippen LogP contribution in [-0.2, 0) is 11.2 Å². The van der Waals surface area contributed by atoms with Crippen molar-refractivity contribution in [2.24, 2.45) is 0 Å². The molecule has 0 fully saturated rings. The van der Waals surface area contributed by atoms with Crippen LogP contribution in [0.3, 0.4) is 0 Å². The fourth-order valence-corrected chi connectivity index (χ4v) is 1.70. The van der Waals surface area contributed by atoms with Crippen LogP contribution in [0.2, 0.25) is 0 Å². The molecule has 2 aromatic rings. The smallest absolute Gasteiger partial charge is 0.303 e. The van der Waals surface area contributed by atoms with Crippen molar-refractivity contribution in [3.63, 3.8) is 0 Å². The van der Waals surface area contributed by atoms with Crippen LogP contribution in [0, 0.1) is 6.92 Å². The maximum atomic E-state index is 10.6. The number of carbonyl (C=O) groups is 1. The molecule has 1 aromatic heterocycles. The third-order valence-electron chi connectivity index (χ3n) is 2.63. The third kappa shape index (κ3) is 2.72. The van der Waals surface area contributed by atoms with Crippen molar-refractivity contribution in [1.29, 1.82) is 0 Å². The summed E-state index contributed by atoms with van der Waals surface area (Å²) in [6.07, 6.45) is 2.19. The van der Waals surface area contributed by atoms with Crippen molar-refractivity contribution in [3.8, 4) is 11.3 Å². The van der Waals surface area contributed by atoms with E-state index in [1.54, 1.807) is 6.33 Å². The fourth-order valence-electron chi connectivity index (χ4n) is 1.70. The van der Waals surface area contributed by atoms with Gasteiger partial charge in [0.25, 0.3) is 0 Å². The van der Waals surface area contributed by atoms with E-state index in [9.17, 15) is 4.79 Å². The highest BCUT2D eigenvalue weighted by Crippen LogP contribution is 2.21. The lowest BCUT2D eigenvalue weighted by Crippen LogP contribution is -1.99. The number of aromatic amines is 1. The maximum absolute atomic E-state index is 10.6. The number of aromatic nitrogens is 2. The van der Waals surface area contributed by atoms with Gasteiger partial charge in [-0.1, -0.05) is 29.8 Å². The van der Waals surface area contributed by atoms with Crippen molar-refractivity contribution in [2.75, 3.05) is 0 Å². The molecule has 1 aromatic carbocycles. The Hall–Kier alpha value is -2.10. The molecule has 2 rings (SSSR count). The van der Waals surface area contributed by atoms with E-state index in [-0.39, 0.29) is 6.42 Å². The first-order valence-corrected chi connectivity index (χ1v) is 5.48. The quantitative estimate of drug-likeness (QED) is 0.847. The van der Waals surface area contributed by atoms with Crippen LogP contribution < -0.4 is 0 Å². The number of hydrogen-bond donors (Lipinski definition) is 2. The van der Waals surface area contributed by atoms with Gasteiger partial charge in [0.15, 0.2) is 0 Å². The summed E-state index contributed by atoms with van der Waals surface area (Å²) in [6, 6.07) is 8.03. The van der Waals surface area contributed by atoms with Crippen molar-refractivity contribution in [3.05, 3.63) is 41.9 Å². The van der Waals surface area contributed by atoms with E-state index in [4.69, 9.17) is 5.11 Å². The highest BCUT2D eigenvalue weighted by atomic mass is 16.4. The highest BCUT2D eigenvalue weighted by molar-refractivity contribution is 5.68. The van der Waals surface area contributed by atoms with Gasteiger partial charge in [-0.2, -0.15) is 0 Å². The molecule has 4 heteroatoms. The van der Waals surface area contributed by atoms with Crippen molar-refractivity contribution < 1.29 is 9.90 Å². The van der Waals surface area contributed by atoms with Gasteiger partial charge in [-0.15, -0.1) is 0 Å². The van der Waals surface area contributed by atoms with Crippen LogP contribution in [0.25, 0.3) is 11.3 Å². The average molecular weight is 230 g/mol. The van der Waals surface area contributed by atoms with Gasteiger partial charge < -0.3 is 10.1 Å². The van der Waals surface area contributed by atoms with Crippen LogP contribution >= 0.6 is 0 Å². The lowest BCUT2D eigenvalue weighted by molar-refractivity contribution is -0.136. The van der Waals surface area contributed by atoms with E-state index in [2.05, 4.69) is 9.97 Å². The second kappa shape index (κ2) is 4.82. The first kappa shape index (κ1) is 11.4. The molecule has 0 amide bonds. The number of benzene rings is 1. The topological polar surface area (TPSA) is 66.0 Å². The summed E-state index contributed by atoms with van der Waals surface area (Å²) in [6.45, 7) is 2.03. The minimum Gasteiger partial charge on any atom is -0.481 e. The van der Waals surface area contributed by atoms with Gasteiger partial charge in [-0.3, -0.25) is 4.79 Å². The number of hydrogen-bond acceptors (Lipinski definition) is 2. The third-order valence-corrected chi connectivity index (χ3v) is 2.63. The maximum Gasteiger partial charge on any atom is 0.303 e. The van der Waals surface area contributed by atoms with E-state index in [1.165, 1.54) is 5.56 Å². The number of nitrogens with one attached hydrogen (secondary N) is 1. The Morgan fingerprint density at radius 3 is 2.71 bits per heavy atom. The highest BCUT2D eigenvalue weighted by Gasteiger charge is 2.09. The molecule has 0 spiro atoms. The number of aryl methyl sites for hydroxylation is 2. The SMILES string of the molecule is Cc1ccc(-c2nc[nH]c2CCC(=O)O)cc1. The summed E-state index contributed by atoms with van der Waals surface area (Å²) < 4.78 is 0. The van der Waals surface area contributed by atoms with Crippen LogP contribution in [0.1, 0.15) is 17.7 Å². The van der Waals surface area contributed by atoms with Gasteiger partial charge in [-0.25, -0.2) is 4.98 Å². The molecule has 1 heterocycles. The number of nitrogens with zero attached hydrogens (tertiary/aromatic N) is 1. The minimum absolute atomic E-state index is 0.112. The molecule has 2 N–H and O–H groups in total. The Bertz CT molecular complexity index is 514. The van der Waals surface area contributed by atoms with Gasteiger partial charge in [-0.05, 0) is 6.92 Å². The van der Waals surface area contributed by atoms with Crippen molar-refractivity contribution in [1.82, 2.24) is 9.97 Å². The number of carboxylic acid groups (broad SMARTS) is 1. The summed E-state index contributed by atoms with van der Waals surface area (Å²) in [5.74, 6) is -0.797. The predicted octanol–water partition coefficient (Wildman–Crippen LogP) is 2.40. The van der Waals surface area contributed by atoms with E-state index < -0.39 is 5.97 Å². The summed E-state index contributed by atoms with van der Waals surface area (Å²) >= 11 is 0. The molecule has 0 aliphatic carbocycles. The Morgan fingerprint density at radius 2 is 2.06 bits per heavy atom. The second-order valence-electron chi connectivity index (χ2n) is 3.99. The number of rotatable bonds is 4. The molecule has 0 radical (unpaired) electrons. The fraction of sp³-hybridized carbons (Fsp3) is 0.231. The molecule has 0 atom stereocenters. The normalized spacial score (nSPS) is 10.4. The molecule has 0 bridgehead atoms. The monoisotopic (exact) mass is 230 g/mol. The van der Waals surface area contributed by atoms with Crippen LogP contribution in [0.15, 0.2) is 30.6 Å². The van der Waals surface area contributed by atoms with Crippen LogP contribution in [0.4, 0.5) is 0 Å². The number of carboxylic acids is 1. The number of imidazole rings is 1. The standard InChI is InChI=1S/C13H14N2O2/c1-9-2-4-10(5-3-9)13-11(14-8-15-13)6-7-12(16)17/h2-5,8H,6-7H2,1H3,(H,14,15)(H,16,17). The number of H-pyrrole nitrogens is 1. The average Bonchev–Trinajstić information content (AvgIpc) is 2.75. The Labute approximate surface area is 99.3 Å². The lowest BCUT2D eigenvalue weighted by Gasteiger charge is -2.02. The zero-order valence-electron chi connectivity index (χ0n) is 9.60. The van der Waals surface area contributed by atoms with E-state index in [0.717, 1.165) is 17.0 Å². The van der Waals surface area contributed by atoms with Gasteiger partial charge in [0.05, 0.1) is 18.4 Å². The predicted molar refractivity (Wildman–Crippen MR) is 64.7 cm³/mol. The molecule has 0 saturated heterocycles. The Kier molecular flexibility index (Phi) is 3.23. The zero-order chi connectivity index (χ0) is 12.3. The largest absolute Gasteiger partial charge is 0.481 e. The first-order valence-electron chi connectivity index (χ1n) is 5.48. The summed E-state index contributed by atoms with van der Waals surface area (Å²) in [5.41, 5.74) is 3.91. The zero-order valence-corrected chi connectivity index (χ0v) is 9.60. The second-order valence-corrected chi connectivity index (χ2v) is 3.99. The van der Waals surface area contributed by atoms with Crippen molar-refractivity contribution >= 4 is 5.97 Å². The Balaban J connectivity index is 2.24. The molecule has 17 heavy (non-hydrogen) atoms. The molecule has 0 aliphatic heterocycles. The summed E-state index contributed by atoms with van der Waals surface area (Å²) in [7, 11) is 0. The molecule has 4 nitrogen and oxygen atoms in total. The number of aliphatic carboxylic acids is 1. The van der Waals surface area contributed by atoms with Gasteiger partial charge in [0.2, 0.25) is 0 Å². The molecule has 0 unspecified atom stereocenters. The first-order chi connectivity index (χ1) is 8.16. The van der Waals surface area contributed by atoms with Gasteiger partial charge in [0.1, 0.15) is 0 Å². The molecule has 88 valence electrons. The van der Waals surface area contributed by atoms with Crippen LogP contribution in [-0.4, -0.2) is 21.0 Å². The molecular weight excluding hydrogens is 216 g/mol. The van der Waals surface area contributed by atoms with Crippen LogP contribution in [0.5, 0.6) is 0 Å². The lowest BCUT2D eigenvalue weighted by atomic mass is 10.1.